The third kappa shape index (κ3) is 3.68. The van der Waals surface area contributed by atoms with Gasteiger partial charge in [0.1, 0.15) is 0 Å². The Morgan fingerprint density at radius 2 is 2.00 bits per heavy atom. The average molecular weight is 258 g/mol. The number of hydrogen-bond donors (Lipinski definition) is 0. The van der Waals surface area contributed by atoms with E-state index in [0.717, 1.165) is 5.92 Å². The molecule has 2 rings (SSSR count). The Bertz CT molecular complexity index is 402. The van der Waals surface area contributed by atoms with E-state index in [1.807, 2.05) is 0 Å². The molecule has 5 unspecified atom stereocenters. The topological polar surface area (TPSA) is 17.1 Å². The predicted octanol–water partition coefficient (Wildman–Crippen LogP) is 4.56. The third-order valence-corrected chi connectivity index (χ3v) is 4.73. The monoisotopic (exact) mass is 258 g/mol. The van der Waals surface area contributed by atoms with E-state index in [1.165, 1.54) is 12.8 Å². The van der Waals surface area contributed by atoms with Crippen LogP contribution >= 0.6 is 0 Å². The number of carbonyl (C=O) groups is 1. The van der Waals surface area contributed by atoms with Gasteiger partial charge in [-0.3, -0.25) is 4.79 Å². The first-order valence-electron chi connectivity index (χ1n) is 7.67. The second-order valence-electron chi connectivity index (χ2n) is 6.28. The lowest BCUT2D eigenvalue weighted by molar-refractivity contribution is -0.115. The van der Waals surface area contributed by atoms with Gasteiger partial charge >= 0.3 is 0 Å². The van der Waals surface area contributed by atoms with Gasteiger partial charge in [0, 0.05) is 6.42 Å². The van der Waals surface area contributed by atoms with Gasteiger partial charge in [0.15, 0.2) is 5.78 Å². The zero-order valence-corrected chi connectivity index (χ0v) is 12.4. The predicted molar refractivity (Wildman–Crippen MR) is 80.8 cm³/mol. The van der Waals surface area contributed by atoms with Crippen LogP contribution in [-0.4, -0.2) is 5.78 Å². The normalized spacial score (nSPS) is 39.1. The Hall–Kier alpha value is -1.11. The highest BCUT2D eigenvalue weighted by Crippen LogP contribution is 2.32. The first kappa shape index (κ1) is 14.3. The minimum atomic E-state index is 0.275. The molecule has 0 aromatic rings. The first-order chi connectivity index (χ1) is 9.10. The van der Waals surface area contributed by atoms with E-state index in [-0.39, 0.29) is 5.78 Å². The summed E-state index contributed by atoms with van der Waals surface area (Å²) in [5.74, 6) is 3.21. The van der Waals surface area contributed by atoms with Crippen LogP contribution in [0.15, 0.2) is 36.5 Å². The fourth-order valence-electron chi connectivity index (χ4n) is 3.13. The minimum absolute atomic E-state index is 0.275. The van der Waals surface area contributed by atoms with Crippen LogP contribution in [0.1, 0.15) is 40.0 Å². The summed E-state index contributed by atoms with van der Waals surface area (Å²) in [6.07, 6.45) is 16.5. The van der Waals surface area contributed by atoms with Gasteiger partial charge in [0.05, 0.1) is 0 Å². The maximum Gasteiger partial charge on any atom is 0.155 e. The lowest BCUT2D eigenvalue weighted by Crippen LogP contribution is -2.19. The van der Waals surface area contributed by atoms with Crippen molar-refractivity contribution in [2.45, 2.75) is 40.0 Å². The summed E-state index contributed by atoms with van der Waals surface area (Å²) < 4.78 is 0. The van der Waals surface area contributed by atoms with Crippen LogP contribution in [0.5, 0.6) is 0 Å². The summed E-state index contributed by atoms with van der Waals surface area (Å²) in [7, 11) is 0. The quantitative estimate of drug-likeness (QED) is 0.678. The molecule has 0 saturated carbocycles. The summed E-state index contributed by atoms with van der Waals surface area (Å²) in [5.41, 5.74) is 0. The van der Waals surface area contributed by atoms with Gasteiger partial charge in [-0.05, 0) is 48.5 Å². The Kier molecular flexibility index (Phi) is 4.79. The summed E-state index contributed by atoms with van der Waals surface area (Å²) in [6.45, 7) is 6.75. The summed E-state index contributed by atoms with van der Waals surface area (Å²) in [6, 6.07) is 0. The van der Waals surface area contributed by atoms with Gasteiger partial charge in [0.2, 0.25) is 0 Å². The van der Waals surface area contributed by atoms with E-state index in [0.29, 0.717) is 30.1 Å². The SMILES string of the molecule is CCC1C=CC(C)C(/C=C/C2C=CC(=O)CC2C)C1. The molecule has 19 heavy (non-hydrogen) atoms. The fraction of sp³-hybridized carbons (Fsp3) is 0.611. The van der Waals surface area contributed by atoms with Crippen LogP contribution in [0.4, 0.5) is 0 Å². The second kappa shape index (κ2) is 6.36. The molecule has 1 nitrogen and oxygen atoms in total. The minimum Gasteiger partial charge on any atom is -0.295 e. The average Bonchev–Trinajstić information content (AvgIpc) is 2.39. The van der Waals surface area contributed by atoms with Gasteiger partial charge in [-0.25, -0.2) is 0 Å². The summed E-state index contributed by atoms with van der Waals surface area (Å²) in [4.78, 5) is 11.3. The van der Waals surface area contributed by atoms with Crippen molar-refractivity contribution in [3.63, 3.8) is 0 Å². The maximum atomic E-state index is 11.3. The molecule has 0 aromatic heterocycles. The number of hydrogen-bond acceptors (Lipinski definition) is 1. The molecule has 5 atom stereocenters. The van der Waals surface area contributed by atoms with Crippen LogP contribution in [0.3, 0.4) is 0 Å². The molecule has 0 spiro atoms. The molecule has 1 heteroatoms. The van der Waals surface area contributed by atoms with Crippen LogP contribution < -0.4 is 0 Å². The maximum absolute atomic E-state index is 11.3. The molecule has 0 aromatic carbocycles. The van der Waals surface area contributed by atoms with Crippen molar-refractivity contribution < 1.29 is 4.79 Å². The van der Waals surface area contributed by atoms with E-state index in [2.05, 4.69) is 51.2 Å². The molecule has 0 amide bonds. The molecule has 0 aliphatic heterocycles. The molecule has 2 aliphatic rings. The lowest BCUT2D eigenvalue weighted by atomic mass is 9.77. The smallest absolute Gasteiger partial charge is 0.155 e. The zero-order valence-electron chi connectivity index (χ0n) is 12.4. The van der Waals surface area contributed by atoms with Crippen LogP contribution in [0.25, 0.3) is 0 Å². The standard InChI is InChI=1S/C18H26O/c1-4-15-6-5-13(2)17(12-15)8-7-16-9-10-18(19)11-14(16)3/h5-10,13-17H,4,11-12H2,1-3H3/b8-7+. The van der Waals surface area contributed by atoms with Crippen LogP contribution in [0.2, 0.25) is 0 Å². The van der Waals surface area contributed by atoms with Crippen LogP contribution in [0, 0.1) is 29.6 Å². The van der Waals surface area contributed by atoms with Crippen molar-refractivity contribution in [1.82, 2.24) is 0 Å². The fourth-order valence-corrected chi connectivity index (χ4v) is 3.13. The van der Waals surface area contributed by atoms with Gasteiger partial charge < -0.3 is 0 Å². The van der Waals surface area contributed by atoms with Crippen molar-refractivity contribution in [3.05, 3.63) is 36.5 Å². The number of allylic oxidation sites excluding steroid dienone is 6. The van der Waals surface area contributed by atoms with E-state index >= 15 is 0 Å². The molecule has 0 heterocycles. The Morgan fingerprint density at radius 1 is 1.21 bits per heavy atom. The largest absolute Gasteiger partial charge is 0.295 e. The van der Waals surface area contributed by atoms with Crippen molar-refractivity contribution >= 4 is 5.78 Å². The van der Waals surface area contributed by atoms with E-state index < -0.39 is 0 Å². The van der Waals surface area contributed by atoms with Crippen LogP contribution in [-0.2, 0) is 4.79 Å². The molecule has 0 saturated heterocycles. The summed E-state index contributed by atoms with van der Waals surface area (Å²) >= 11 is 0. The third-order valence-electron chi connectivity index (χ3n) is 4.73. The van der Waals surface area contributed by atoms with Gasteiger partial charge in [-0.2, -0.15) is 0 Å². The highest BCUT2D eigenvalue weighted by molar-refractivity contribution is 5.90. The lowest BCUT2D eigenvalue weighted by Gasteiger charge is -2.28. The molecule has 104 valence electrons. The zero-order chi connectivity index (χ0) is 13.8. The molecular weight excluding hydrogens is 232 g/mol. The molecule has 0 bridgehead atoms. The van der Waals surface area contributed by atoms with E-state index in [4.69, 9.17) is 0 Å². The Morgan fingerprint density at radius 3 is 2.68 bits per heavy atom. The van der Waals surface area contributed by atoms with Gasteiger partial charge in [-0.15, -0.1) is 0 Å². The highest BCUT2D eigenvalue weighted by Gasteiger charge is 2.22. The van der Waals surface area contributed by atoms with E-state index in [1.54, 1.807) is 6.08 Å². The number of carbonyl (C=O) groups excluding carboxylic acids is 1. The molecular formula is C18H26O. The van der Waals surface area contributed by atoms with Crippen molar-refractivity contribution in [2.24, 2.45) is 29.6 Å². The van der Waals surface area contributed by atoms with Gasteiger partial charge in [-0.1, -0.05) is 51.2 Å². The van der Waals surface area contributed by atoms with Crippen molar-refractivity contribution in [1.29, 1.82) is 0 Å². The van der Waals surface area contributed by atoms with Gasteiger partial charge in [0.25, 0.3) is 0 Å². The van der Waals surface area contributed by atoms with Crippen molar-refractivity contribution in [3.8, 4) is 0 Å². The Balaban J connectivity index is 2.00. The molecule has 0 N–H and O–H groups in total. The van der Waals surface area contributed by atoms with E-state index in [9.17, 15) is 4.79 Å². The number of ketones is 1. The Labute approximate surface area is 117 Å². The first-order valence-corrected chi connectivity index (χ1v) is 7.67. The summed E-state index contributed by atoms with van der Waals surface area (Å²) in [5, 5.41) is 0. The molecule has 2 aliphatic carbocycles. The molecule has 0 fully saturated rings. The number of rotatable bonds is 3. The second-order valence-corrected chi connectivity index (χ2v) is 6.28. The van der Waals surface area contributed by atoms with Crippen molar-refractivity contribution in [2.75, 3.05) is 0 Å². The molecule has 0 radical (unpaired) electrons. The highest BCUT2D eigenvalue weighted by atomic mass is 16.1.